The van der Waals surface area contributed by atoms with Crippen molar-refractivity contribution in [1.82, 2.24) is 5.48 Å². The topological polar surface area (TPSA) is 61.7 Å². The zero-order valence-corrected chi connectivity index (χ0v) is 15.1. The van der Waals surface area contributed by atoms with Crippen molar-refractivity contribution in [3.63, 3.8) is 0 Å². The van der Waals surface area contributed by atoms with Crippen LogP contribution >= 0.6 is 0 Å². The summed E-state index contributed by atoms with van der Waals surface area (Å²) in [6.45, 7) is 2.13. The van der Waals surface area contributed by atoms with Crippen molar-refractivity contribution in [2.24, 2.45) is 4.99 Å². The summed E-state index contributed by atoms with van der Waals surface area (Å²) < 4.78 is 0. The third-order valence-electron chi connectivity index (χ3n) is 5.06. The second kappa shape index (κ2) is 7.17. The number of fused-ring (bicyclic) bond motifs is 2. The van der Waals surface area contributed by atoms with Crippen LogP contribution < -0.4 is 5.48 Å². The van der Waals surface area contributed by atoms with Gasteiger partial charge in [-0.05, 0) is 54.7 Å². The zero-order valence-electron chi connectivity index (χ0n) is 15.1. The van der Waals surface area contributed by atoms with Gasteiger partial charge in [-0.3, -0.25) is 10.0 Å². The molecule has 3 aromatic rings. The van der Waals surface area contributed by atoms with E-state index in [0.29, 0.717) is 5.56 Å². The van der Waals surface area contributed by atoms with Gasteiger partial charge in [-0.15, -0.1) is 0 Å². The van der Waals surface area contributed by atoms with E-state index < -0.39 is 5.91 Å². The minimum absolute atomic E-state index is 0.400. The minimum atomic E-state index is -0.525. The Balaban J connectivity index is 1.90. The molecule has 1 aliphatic heterocycles. The Bertz CT molecular complexity index is 1040. The van der Waals surface area contributed by atoms with Crippen LogP contribution in [0, 0.1) is 6.92 Å². The van der Waals surface area contributed by atoms with Crippen molar-refractivity contribution in [2.75, 3.05) is 0 Å². The minimum Gasteiger partial charge on any atom is -0.288 e. The van der Waals surface area contributed by atoms with Crippen molar-refractivity contribution in [3.8, 4) is 0 Å². The second-order valence-electron chi connectivity index (χ2n) is 6.71. The van der Waals surface area contributed by atoms with Gasteiger partial charge >= 0.3 is 0 Å². The van der Waals surface area contributed by atoms with E-state index in [1.54, 1.807) is 17.6 Å². The van der Waals surface area contributed by atoms with Gasteiger partial charge in [-0.25, -0.2) is 10.5 Å². The molecule has 0 spiro atoms. The van der Waals surface area contributed by atoms with Gasteiger partial charge in [0.2, 0.25) is 0 Å². The van der Waals surface area contributed by atoms with Gasteiger partial charge < -0.3 is 0 Å². The number of amides is 1. The van der Waals surface area contributed by atoms with Crippen LogP contribution in [0.5, 0.6) is 0 Å². The predicted molar refractivity (Wildman–Crippen MR) is 106 cm³/mol. The summed E-state index contributed by atoms with van der Waals surface area (Å²) in [6, 6.07) is 21.7. The number of nitrogens with one attached hydrogen (secondary N) is 1. The molecule has 4 heteroatoms. The second-order valence-corrected chi connectivity index (χ2v) is 6.71. The van der Waals surface area contributed by atoms with Crippen molar-refractivity contribution in [2.45, 2.75) is 19.8 Å². The van der Waals surface area contributed by atoms with Gasteiger partial charge in [0.05, 0.1) is 11.4 Å². The molecule has 0 bridgehead atoms. The number of hydrogen-bond acceptors (Lipinski definition) is 3. The lowest BCUT2D eigenvalue weighted by Gasteiger charge is -2.19. The van der Waals surface area contributed by atoms with Gasteiger partial charge in [0.1, 0.15) is 0 Å². The van der Waals surface area contributed by atoms with Crippen molar-refractivity contribution in [1.29, 1.82) is 0 Å². The van der Waals surface area contributed by atoms with Crippen LogP contribution in [0.15, 0.2) is 71.7 Å². The molecule has 134 valence electrons. The predicted octanol–water partition coefficient (Wildman–Crippen LogP) is 4.38. The van der Waals surface area contributed by atoms with E-state index in [2.05, 4.69) is 37.3 Å². The lowest BCUT2D eigenvalue weighted by molar-refractivity contribution is 0.0706. The Morgan fingerprint density at radius 2 is 1.74 bits per heavy atom. The van der Waals surface area contributed by atoms with Crippen molar-refractivity contribution >= 4 is 17.3 Å². The molecule has 0 aliphatic carbocycles. The Labute approximate surface area is 158 Å². The third-order valence-corrected chi connectivity index (χ3v) is 5.06. The highest BCUT2D eigenvalue weighted by atomic mass is 16.5. The third kappa shape index (κ3) is 3.27. The molecule has 0 unspecified atom stereocenters. The molecule has 0 aromatic heterocycles. The fourth-order valence-corrected chi connectivity index (χ4v) is 3.59. The highest BCUT2D eigenvalue weighted by molar-refractivity contribution is 6.15. The molecule has 1 amide bonds. The van der Waals surface area contributed by atoms with Crippen molar-refractivity contribution in [3.05, 3.63) is 100 Å². The number of nitrogens with zero attached hydrogens (tertiary/aromatic N) is 1. The molecule has 0 radical (unpaired) electrons. The summed E-state index contributed by atoms with van der Waals surface area (Å²) in [5.41, 5.74) is 9.81. The number of hydroxylamine groups is 1. The highest BCUT2D eigenvalue weighted by Crippen LogP contribution is 2.30. The molecule has 27 heavy (non-hydrogen) atoms. The molecule has 1 aliphatic rings. The lowest BCUT2D eigenvalue weighted by atomic mass is 9.90. The van der Waals surface area contributed by atoms with Crippen LogP contribution in [0.1, 0.15) is 38.2 Å². The number of aliphatic imine (C=N–C) groups is 1. The molecule has 0 saturated heterocycles. The first-order chi connectivity index (χ1) is 13.2. The number of hydrogen-bond donors (Lipinski definition) is 2. The smallest absolute Gasteiger partial charge is 0.274 e. The molecule has 0 saturated carbocycles. The molecule has 4 rings (SSSR count). The summed E-state index contributed by atoms with van der Waals surface area (Å²) in [7, 11) is 0. The molecule has 3 aromatic carbocycles. The van der Waals surface area contributed by atoms with E-state index >= 15 is 0 Å². The first-order valence-electron chi connectivity index (χ1n) is 8.97. The zero-order chi connectivity index (χ0) is 18.8. The average molecular weight is 356 g/mol. The van der Waals surface area contributed by atoms with Gasteiger partial charge in [-0.2, -0.15) is 0 Å². The SMILES string of the molecule is Cc1cccc2c1CCc1ccccc1/C(c1ccc(C(=O)NO)cc1)=N\2. The van der Waals surface area contributed by atoms with Crippen LogP contribution in [-0.2, 0) is 12.8 Å². The average Bonchev–Trinajstić information content (AvgIpc) is 2.69. The first kappa shape index (κ1) is 17.2. The van der Waals surface area contributed by atoms with E-state index in [-0.39, 0.29) is 0 Å². The summed E-state index contributed by atoms with van der Waals surface area (Å²) in [4.78, 5) is 16.6. The molecule has 2 N–H and O–H groups in total. The maximum Gasteiger partial charge on any atom is 0.274 e. The normalized spacial score (nSPS) is 14.8. The van der Waals surface area contributed by atoms with Crippen LogP contribution in [0.4, 0.5) is 5.69 Å². The highest BCUT2D eigenvalue weighted by Gasteiger charge is 2.17. The molecule has 0 atom stereocenters. The van der Waals surface area contributed by atoms with Gasteiger partial charge in [0.25, 0.3) is 5.91 Å². The van der Waals surface area contributed by atoms with Gasteiger partial charge in [0.15, 0.2) is 0 Å². The van der Waals surface area contributed by atoms with Crippen LogP contribution in [0.3, 0.4) is 0 Å². The van der Waals surface area contributed by atoms with Gasteiger partial charge in [-0.1, -0.05) is 48.5 Å². The van der Waals surface area contributed by atoms with Crippen LogP contribution in [0.25, 0.3) is 0 Å². The van der Waals surface area contributed by atoms with Crippen LogP contribution in [-0.4, -0.2) is 16.8 Å². The number of aryl methyl sites for hydroxylation is 2. The van der Waals surface area contributed by atoms with Crippen LogP contribution in [0.2, 0.25) is 0 Å². The standard InChI is InChI=1S/C23H20N2O2/c1-15-5-4-8-21-19(15)14-13-16-6-2-3-7-20(16)22(24-21)17-9-11-18(12-10-17)23(26)25-27/h2-12,27H,13-14H2,1H3,(H,25,26)/b24-22-. The number of benzene rings is 3. The number of carbonyl (C=O) groups is 1. The largest absolute Gasteiger partial charge is 0.288 e. The Morgan fingerprint density at radius 3 is 2.52 bits per heavy atom. The fourth-order valence-electron chi connectivity index (χ4n) is 3.59. The van der Waals surface area contributed by atoms with E-state index in [1.165, 1.54) is 16.7 Å². The maximum absolute atomic E-state index is 11.6. The molecular formula is C23H20N2O2. The lowest BCUT2D eigenvalue weighted by Crippen LogP contribution is -2.18. The summed E-state index contributed by atoms with van der Waals surface area (Å²) in [5, 5.41) is 8.82. The fraction of sp³-hybridized carbons (Fsp3) is 0.130. The number of carbonyl (C=O) groups excluding carboxylic acids is 1. The quantitative estimate of drug-likeness (QED) is 0.529. The van der Waals surface area contributed by atoms with E-state index in [9.17, 15) is 4.79 Å². The number of rotatable bonds is 2. The Hall–Kier alpha value is -3.24. The molecular weight excluding hydrogens is 336 g/mol. The van der Waals surface area contributed by atoms with E-state index in [4.69, 9.17) is 10.2 Å². The Morgan fingerprint density at radius 1 is 0.963 bits per heavy atom. The van der Waals surface area contributed by atoms with E-state index in [1.807, 2.05) is 24.3 Å². The molecule has 1 heterocycles. The van der Waals surface area contributed by atoms with Crippen molar-refractivity contribution < 1.29 is 10.0 Å². The molecule has 4 nitrogen and oxygen atoms in total. The summed E-state index contributed by atoms with van der Waals surface area (Å²) in [5.74, 6) is -0.525. The summed E-state index contributed by atoms with van der Waals surface area (Å²) in [6.07, 6.45) is 1.92. The van der Waals surface area contributed by atoms with Gasteiger partial charge in [0, 0.05) is 16.7 Å². The Kier molecular flexibility index (Phi) is 4.57. The summed E-state index contributed by atoms with van der Waals surface area (Å²) >= 11 is 0. The van der Waals surface area contributed by atoms with E-state index in [0.717, 1.165) is 35.4 Å². The maximum atomic E-state index is 11.6. The molecule has 0 fully saturated rings. The first-order valence-corrected chi connectivity index (χ1v) is 8.97. The monoisotopic (exact) mass is 356 g/mol.